The summed E-state index contributed by atoms with van der Waals surface area (Å²) in [6.07, 6.45) is 5.51. The van der Waals surface area contributed by atoms with Crippen LogP contribution in [0.4, 0.5) is 16.0 Å². The van der Waals surface area contributed by atoms with E-state index in [1.807, 2.05) is 11.0 Å². The van der Waals surface area contributed by atoms with Crippen molar-refractivity contribution in [1.29, 1.82) is 0 Å². The number of pyridine rings is 1. The van der Waals surface area contributed by atoms with Gasteiger partial charge in [-0.1, -0.05) is 6.07 Å². The van der Waals surface area contributed by atoms with Gasteiger partial charge in [-0.15, -0.1) is 5.10 Å². The van der Waals surface area contributed by atoms with Crippen LogP contribution in [0.15, 0.2) is 59.5 Å². The molecule has 0 radical (unpaired) electrons. The van der Waals surface area contributed by atoms with Gasteiger partial charge < -0.3 is 24.7 Å². The summed E-state index contributed by atoms with van der Waals surface area (Å²) in [5.74, 6) is -0.463. The van der Waals surface area contributed by atoms with Crippen LogP contribution in [-0.4, -0.2) is 82.8 Å². The minimum Gasteiger partial charge on any atom is -0.477 e. The number of nitrogen functional groups attached to an aromatic ring is 1. The molecule has 0 spiro atoms. The first-order chi connectivity index (χ1) is 21.4. The third-order valence-electron chi connectivity index (χ3n) is 8.04. The number of nitrogens with zero attached hydrogens (tertiary/aromatic N) is 9. The van der Waals surface area contributed by atoms with E-state index in [2.05, 4.69) is 29.9 Å². The molecular weight excluding hydrogens is 567 g/mol. The highest BCUT2D eigenvalue weighted by Crippen LogP contribution is 2.31. The van der Waals surface area contributed by atoms with Gasteiger partial charge in [-0.05, 0) is 55.8 Å². The summed E-state index contributed by atoms with van der Waals surface area (Å²) < 4.78 is 23.4. The molecule has 13 nitrogen and oxygen atoms in total. The molecule has 6 aromatic rings. The molecule has 0 atom stereocenters. The molecule has 44 heavy (non-hydrogen) atoms. The zero-order chi connectivity index (χ0) is 30.4. The Hall–Kier alpha value is -5.37. The van der Waals surface area contributed by atoms with Crippen LogP contribution in [0, 0.1) is 12.7 Å². The molecule has 14 heteroatoms. The fourth-order valence-corrected chi connectivity index (χ4v) is 5.93. The van der Waals surface area contributed by atoms with Gasteiger partial charge in [0.25, 0.3) is 0 Å². The first-order valence-electron chi connectivity index (χ1n) is 14.3. The topological polar surface area (TPSA) is 157 Å². The first kappa shape index (κ1) is 27.5. The van der Waals surface area contributed by atoms with Gasteiger partial charge in [-0.25, -0.2) is 19.2 Å². The van der Waals surface area contributed by atoms with E-state index in [0.29, 0.717) is 83.6 Å². The summed E-state index contributed by atoms with van der Waals surface area (Å²) in [4.78, 5) is 34.6. The zero-order valence-corrected chi connectivity index (χ0v) is 23.9. The van der Waals surface area contributed by atoms with Gasteiger partial charge >= 0.3 is 5.97 Å². The number of fused-ring (bicyclic) bond motifs is 3. The Morgan fingerprint density at radius 2 is 1.93 bits per heavy atom. The SMILES string of the molecule is Cc1c(C(=O)O)n(CCN2CCCN(c3cc(-c4ncco4)ccc3F)CC2)c2nc(N)n3nc(-c4ccccn4)nc3c12. The Morgan fingerprint density at radius 3 is 2.70 bits per heavy atom. The number of carboxylic acids is 1. The predicted molar refractivity (Wildman–Crippen MR) is 161 cm³/mol. The van der Waals surface area contributed by atoms with Crippen LogP contribution >= 0.6 is 0 Å². The molecule has 1 aliphatic rings. The summed E-state index contributed by atoms with van der Waals surface area (Å²) in [6, 6.07) is 10.3. The van der Waals surface area contributed by atoms with Gasteiger partial charge in [0.1, 0.15) is 29.1 Å². The highest BCUT2D eigenvalue weighted by Gasteiger charge is 2.26. The number of carboxylic acid groups (broad SMARTS) is 1. The first-order valence-corrected chi connectivity index (χ1v) is 14.3. The Kier molecular flexibility index (Phi) is 6.89. The van der Waals surface area contributed by atoms with Crippen LogP contribution in [0.5, 0.6) is 0 Å². The van der Waals surface area contributed by atoms with Gasteiger partial charge in [0.15, 0.2) is 5.65 Å². The third kappa shape index (κ3) is 4.78. The summed E-state index contributed by atoms with van der Waals surface area (Å²) in [7, 11) is 0. The van der Waals surface area contributed by atoms with Crippen molar-refractivity contribution in [3.8, 4) is 23.0 Å². The van der Waals surface area contributed by atoms with Crippen molar-refractivity contribution < 1.29 is 18.7 Å². The van der Waals surface area contributed by atoms with Crippen LogP contribution in [0.2, 0.25) is 0 Å². The molecular formula is C30H29FN10O3. The number of aryl methyl sites for hydroxylation is 1. The number of anilines is 2. The van der Waals surface area contributed by atoms with Gasteiger partial charge in [-0.3, -0.25) is 9.88 Å². The van der Waals surface area contributed by atoms with Gasteiger partial charge in [0.2, 0.25) is 17.7 Å². The lowest BCUT2D eigenvalue weighted by Gasteiger charge is -2.24. The molecule has 7 rings (SSSR count). The molecule has 6 heterocycles. The van der Waals surface area contributed by atoms with Crippen molar-refractivity contribution >= 4 is 34.3 Å². The number of oxazole rings is 1. The average Bonchev–Trinajstić information content (AvgIpc) is 3.73. The molecule has 0 bridgehead atoms. The maximum atomic E-state index is 14.9. The van der Waals surface area contributed by atoms with E-state index < -0.39 is 5.97 Å². The smallest absolute Gasteiger partial charge is 0.352 e. The Bertz CT molecular complexity index is 1990. The van der Waals surface area contributed by atoms with E-state index in [4.69, 9.17) is 10.2 Å². The predicted octanol–water partition coefficient (Wildman–Crippen LogP) is 3.74. The van der Waals surface area contributed by atoms with E-state index in [0.717, 1.165) is 13.0 Å². The van der Waals surface area contributed by atoms with Gasteiger partial charge in [0.05, 0.1) is 17.3 Å². The second-order valence-corrected chi connectivity index (χ2v) is 10.7. The highest BCUT2D eigenvalue weighted by atomic mass is 19.1. The van der Waals surface area contributed by atoms with E-state index in [9.17, 15) is 14.3 Å². The Balaban J connectivity index is 1.15. The number of aromatic carboxylic acids is 1. The highest BCUT2D eigenvalue weighted by molar-refractivity contribution is 6.02. The van der Waals surface area contributed by atoms with E-state index in [1.165, 1.54) is 16.8 Å². The molecule has 5 aromatic heterocycles. The number of carbonyl (C=O) groups is 1. The summed E-state index contributed by atoms with van der Waals surface area (Å²) >= 11 is 0. The number of benzene rings is 1. The minimum atomic E-state index is -1.06. The summed E-state index contributed by atoms with van der Waals surface area (Å²) in [5, 5.41) is 15.3. The maximum Gasteiger partial charge on any atom is 0.352 e. The van der Waals surface area contributed by atoms with Crippen molar-refractivity contribution in [2.75, 3.05) is 43.4 Å². The van der Waals surface area contributed by atoms with Crippen LogP contribution in [0.25, 0.3) is 39.7 Å². The fourth-order valence-electron chi connectivity index (χ4n) is 5.93. The van der Waals surface area contributed by atoms with E-state index >= 15 is 0 Å². The number of hydrogen-bond acceptors (Lipinski definition) is 10. The lowest BCUT2D eigenvalue weighted by atomic mass is 10.1. The quantitative estimate of drug-likeness (QED) is 0.277. The Morgan fingerprint density at radius 1 is 1.05 bits per heavy atom. The van der Waals surface area contributed by atoms with Gasteiger partial charge in [-0.2, -0.15) is 9.50 Å². The molecule has 0 unspecified atom stereocenters. The molecule has 1 aliphatic heterocycles. The molecule has 1 aromatic carbocycles. The van der Waals surface area contributed by atoms with Crippen molar-refractivity contribution in [3.63, 3.8) is 0 Å². The molecule has 0 saturated carbocycles. The minimum absolute atomic E-state index is 0.0947. The summed E-state index contributed by atoms with van der Waals surface area (Å²) in [5.41, 5.74) is 9.62. The zero-order valence-electron chi connectivity index (χ0n) is 23.9. The van der Waals surface area contributed by atoms with Gasteiger partial charge in [0, 0.05) is 44.5 Å². The number of aromatic nitrogens is 7. The monoisotopic (exact) mass is 596 g/mol. The third-order valence-corrected chi connectivity index (χ3v) is 8.04. The number of hydrogen-bond donors (Lipinski definition) is 2. The van der Waals surface area contributed by atoms with E-state index in [-0.39, 0.29) is 17.5 Å². The van der Waals surface area contributed by atoms with Crippen LogP contribution in [-0.2, 0) is 6.54 Å². The average molecular weight is 597 g/mol. The van der Waals surface area contributed by atoms with E-state index in [1.54, 1.807) is 48.1 Å². The van der Waals surface area contributed by atoms with Crippen LogP contribution in [0.1, 0.15) is 22.5 Å². The number of nitrogens with two attached hydrogens (primary N) is 1. The van der Waals surface area contributed by atoms with Crippen molar-refractivity contribution in [2.45, 2.75) is 19.9 Å². The normalized spacial score (nSPS) is 14.5. The molecule has 224 valence electrons. The molecule has 0 aliphatic carbocycles. The second kappa shape index (κ2) is 11.0. The lowest BCUT2D eigenvalue weighted by Crippen LogP contribution is -2.33. The van der Waals surface area contributed by atoms with Crippen LogP contribution in [0.3, 0.4) is 0 Å². The number of rotatable bonds is 7. The number of halogens is 1. The van der Waals surface area contributed by atoms with Crippen molar-refractivity contribution in [1.82, 2.24) is 39.0 Å². The second-order valence-electron chi connectivity index (χ2n) is 10.7. The van der Waals surface area contributed by atoms with Crippen molar-refractivity contribution in [2.24, 2.45) is 0 Å². The largest absolute Gasteiger partial charge is 0.477 e. The van der Waals surface area contributed by atoms with Crippen LogP contribution < -0.4 is 10.6 Å². The molecule has 1 saturated heterocycles. The Labute approximate surface area is 250 Å². The molecule has 0 amide bonds. The van der Waals surface area contributed by atoms with Crippen molar-refractivity contribution in [3.05, 3.63) is 72.1 Å². The lowest BCUT2D eigenvalue weighted by molar-refractivity contribution is 0.0684. The molecule has 3 N–H and O–H groups in total. The molecule has 1 fully saturated rings. The summed E-state index contributed by atoms with van der Waals surface area (Å²) in [6.45, 7) is 5.40. The standard InChI is InChI=1S/C30H29FN10O3/c1-18-23-26(36-30(32)41-27(23)35-25(37-41)21-5-2-3-8-33-21)40(24(18)29(42)43)15-13-38-10-4-11-39(14-12-38)22-17-19(6-7-20(22)31)28-34-9-16-44-28/h2-3,5-9,16-17H,4,10-15H2,1H3,(H2,32,36)(H,42,43). The fraction of sp³-hybridized carbons (Fsp3) is 0.267. The maximum absolute atomic E-state index is 14.9.